The van der Waals surface area contributed by atoms with Crippen LogP contribution in [0.1, 0.15) is 54.0 Å². The number of hydrogen-bond acceptors (Lipinski definition) is 17. The highest BCUT2D eigenvalue weighted by Gasteiger charge is 2.52. The molecule has 2 aromatic heterocycles. The molecule has 4 heterocycles. The number of aromatic nitrogens is 4. The fourth-order valence-electron chi connectivity index (χ4n) is 5.13. The predicted molar refractivity (Wildman–Crippen MR) is 145 cm³/mol. The third-order valence-corrected chi connectivity index (χ3v) is 6.74. The van der Waals surface area contributed by atoms with E-state index in [0.717, 1.165) is 45.5 Å². The van der Waals surface area contributed by atoms with E-state index in [0.29, 0.717) is 0 Å². The van der Waals surface area contributed by atoms with Crippen molar-refractivity contribution in [1.29, 1.82) is 0 Å². The number of ether oxygens (including phenoxy) is 8. The number of nitrogens with zero attached hydrogens (tertiary/aromatic N) is 4. The van der Waals surface area contributed by atoms with Crippen molar-refractivity contribution in [2.45, 2.75) is 90.6 Å². The van der Waals surface area contributed by atoms with Gasteiger partial charge in [0.05, 0.1) is 6.33 Å². The van der Waals surface area contributed by atoms with Crippen LogP contribution in [0.3, 0.4) is 0 Å². The highest BCUT2D eigenvalue weighted by molar-refractivity contribution is 5.71. The van der Waals surface area contributed by atoms with Crippen LogP contribution in [-0.4, -0.2) is 105 Å². The molecule has 2 aliphatic rings. The lowest BCUT2D eigenvalue weighted by Crippen LogP contribution is -2.41. The van der Waals surface area contributed by atoms with Crippen LogP contribution in [0, 0.1) is 0 Å². The molecule has 8 atom stereocenters. The van der Waals surface area contributed by atoms with E-state index in [1.165, 1.54) is 17.8 Å². The van der Waals surface area contributed by atoms with Crippen LogP contribution in [0.15, 0.2) is 17.4 Å². The van der Waals surface area contributed by atoms with E-state index in [1.54, 1.807) is 0 Å². The van der Waals surface area contributed by atoms with Gasteiger partial charge in [-0.25, -0.2) is 9.97 Å². The van der Waals surface area contributed by atoms with Crippen molar-refractivity contribution in [1.82, 2.24) is 19.1 Å². The minimum absolute atomic E-state index is 0.0619. The summed E-state index contributed by atoms with van der Waals surface area (Å²) in [5, 5.41) is 0. The van der Waals surface area contributed by atoms with Crippen molar-refractivity contribution in [2.24, 2.45) is 0 Å². The van der Waals surface area contributed by atoms with Crippen molar-refractivity contribution in [3.05, 3.63) is 23.0 Å². The Morgan fingerprint density at radius 2 is 1.00 bits per heavy atom. The summed E-state index contributed by atoms with van der Waals surface area (Å²) in [6, 6.07) is 0. The molecule has 2 aliphatic heterocycles. The Balaban J connectivity index is 1.75. The molecule has 0 N–H and O–H groups in total. The van der Waals surface area contributed by atoms with Crippen LogP contribution >= 0.6 is 0 Å². The first kappa shape index (κ1) is 34.0. The standard InChI is InChI=1S/C27H32N4O15/c1-11(32)39-7-17-20(41-13(3)34)22(43-15(5)36)26(45-17)30-9-28-19-24(30)29-10-31(25(19)38)27-23(44-16(6)37)21(42-14(4)35)18(46-27)8-40-12(2)33/h9-10,17-18,20-23,26-27H,7-8H2,1-6H3/t17-,18-,20-,21-,22-,23-,26-,27-/m1/s1. The second kappa shape index (κ2) is 14.0. The summed E-state index contributed by atoms with van der Waals surface area (Å²) < 4.78 is 45.7. The van der Waals surface area contributed by atoms with Gasteiger partial charge in [-0.2, -0.15) is 0 Å². The van der Waals surface area contributed by atoms with Crippen molar-refractivity contribution < 1.29 is 66.7 Å². The Morgan fingerprint density at radius 1 is 0.609 bits per heavy atom. The fraction of sp³-hybridized carbons (Fsp3) is 0.593. The summed E-state index contributed by atoms with van der Waals surface area (Å²) in [6.07, 6.45) is -7.76. The normalized spacial score (nSPS) is 27.1. The van der Waals surface area contributed by atoms with E-state index < -0.39 is 97.1 Å². The smallest absolute Gasteiger partial charge is 0.303 e. The second-order valence-electron chi connectivity index (χ2n) is 10.3. The van der Waals surface area contributed by atoms with Crippen molar-refractivity contribution in [2.75, 3.05) is 13.2 Å². The number of fused-ring (bicyclic) bond motifs is 1. The second-order valence-corrected chi connectivity index (χ2v) is 10.3. The number of hydrogen-bond donors (Lipinski definition) is 0. The monoisotopic (exact) mass is 652 g/mol. The van der Waals surface area contributed by atoms with Gasteiger partial charge in [0, 0.05) is 41.5 Å². The Labute approximate surface area is 259 Å². The van der Waals surface area contributed by atoms with Crippen LogP contribution in [0.5, 0.6) is 0 Å². The Kier molecular flexibility index (Phi) is 10.4. The third kappa shape index (κ3) is 7.48. The van der Waals surface area contributed by atoms with Crippen LogP contribution < -0.4 is 5.56 Å². The summed E-state index contributed by atoms with van der Waals surface area (Å²) in [7, 11) is 0. The molecule has 0 aliphatic carbocycles. The first-order chi connectivity index (χ1) is 21.7. The van der Waals surface area contributed by atoms with Crippen LogP contribution in [0.25, 0.3) is 11.2 Å². The molecule has 2 saturated heterocycles. The average Bonchev–Trinajstić information content (AvgIpc) is 3.61. The molecular weight excluding hydrogens is 620 g/mol. The SMILES string of the molecule is CC(=O)OC[C@H]1O[C@@H](n2cnc3c(ncn3[C@@H]3O[C@H](COC(C)=O)[C@@H](OC(C)=O)[C@H]3OC(C)=O)c2=O)[C@H](OC(C)=O)[C@@H]1OC(C)=O. The molecule has 0 bridgehead atoms. The predicted octanol–water partition coefficient (Wildman–Crippen LogP) is -0.759. The Bertz CT molecular complexity index is 1580. The Morgan fingerprint density at radius 3 is 1.41 bits per heavy atom. The molecule has 4 rings (SSSR count). The summed E-state index contributed by atoms with van der Waals surface area (Å²) in [6.45, 7) is 6.05. The maximum atomic E-state index is 13.8. The number of esters is 6. The zero-order valence-corrected chi connectivity index (χ0v) is 25.6. The zero-order valence-electron chi connectivity index (χ0n) is 25.6. The minimum atomic E-state index is -1.40. The van der Waals surface area contributed by atoms with Gasteiger partial charge in [0.15, 0.2) is 48.0 Å². The Hall–Kier alpha value is -4.91. The highest BCUT2D eigenvalue weighted by Crippen LogP contribution is 2.37. The van der Waals surface area contributed by atoms with Gasteiger partial charge < -0.3 is 37.9 Å². The van der Waals surface area contributed by atoms with Crippen molar-refractivity contribution in [3.63, 3.8) is 0 Å². The number of imidazole rings is 1. The lowest BCUT2D eigenvalue weighted by molar-refractivity contribution is -0.166. The summed E-state index contributed by atoms with van der Waals surface area (Å²) in [4.78, 5) is 93.0. The summed E-state index contributed by atoms with van der Waals surface area (Å²) in [5.74, 6) is -4.30. The molecule has 0 saturated carbocycles. The molecule has 46 heavy (non-hydrogen) atoms. The van der Waals surface area contributed by atoms with Gasteiger partial charge in [-0.05, 0) is 0 Å². The summed E-state index contributed by atoms with van der Waals surface area (Å²) >= 11 is 0. The van der Waals surface area contributed by atoms with Crippen molar-refractivity contribution >= 4 is 47.0 Å². The molecule has 250 valence electrons. The molecule has 19 heteroatoms. The van der Waals surface area contributed by atoms with E-state index in [2.05, 4.69) is 9.97 Å². The molecule has 0 radical (unpaired) electrons. The molecule has 0 unspecified atom stereocenters. The van der Waals surface area contributed by atoms with Gasteiger partial charge in [0.25, 0.3) is 5.56 Å². The molecular formula is C27H32N4O15. The van der Waals surface area contributed by atoms with Gasteiger partial charge in [0.2, 0.25) is 0 Å². The van der Waals surface area contributed by atoms with E-state index >= 15 is 0 Å². The van der Waals surface area contributed by atoms with Gasteiger partial charge in [-0.15, -0.1) is 0 Å². The molecule has 0 spiro atoms. The van der Waals surface area contributed by atoms with Gasteiger partial charge in [-0.1, -0.05) is 0 Å². The molecule has 19 nitrogen and oxygen atoms in total. The lowest BCUT2D eigenvalue weighted by Gasteiger charge is -2.24. The first-order valence-electron chi connectivity index (χ1n) is 13.9. The molecule has 2 fully saturated rings. The van der Waals surface area contributed by atoms with E-state index in [9.17, 15) is 33.6 Å². The molecule has 2 aromatic rings. The highest BCUT2D eigenvalue weighted by atomic mass is 16.7. The van der Waals surface area contributed by atoms with Crippen molar-refractivity contribution in [3.8, 4) is 0 Å². The van der Waals surface area contributed by atoms with E-state index in [-0.39, 0.29) is 17.8 Å². The lowest BCUT2D eigenvalue weighted by atomic mass is 10.1. The third-order valence-electron chi connectivity index (χ3n) is 6.74. The van der Waals surface area contributed by atoms with Crippen LogP contribution in [-0.2, 0) is 66.7 Å². The van der Waals surface area contributed by atoms with E-state index in [4.69, 9.17) is 37.9 Å². The maximum absolute atomic E-state index is 13.8. The largest absolute Gasteiger partial charge is 0.463 e. The number of carbonyl (C=O) groups is 6. The number of rotatable bonds is 10. The first-order valence-corrected chi connectivity index (χ1v) is 13.9. The topological polar surface area (TPSA) is 229 Å². The molecule has 0 aromatic carbocycles. The fourth-order valence-corrected chi connectivity index (χ4v) is 5.13. The quantitative estimate of drug-likeness (QED) is 0.227. The van der Waals surface area contributed by atoms with Gasteiger partial charge >= 0.3 is 35.8 Å². The van der Waals surface area contributed by atoms with Crippen LogP contribution in [0.2, 0.25) is 0 Å². The molecule has 0 amide bonds. The summed E-state index contributed by atoms with van der Waals surface area (Å²) in [5.41, 5.74) is -1.10. The van der Waals surface area contributed by atoms with Gasteiger partial charge in [-0.3, -0.25) is 42.7 Å². The maximum Gasteiger partial charge on any atom is 0.303 e. The van der Waals surface area contributed by atoms with Gasteiger partial charge in [0.1, 0.15) is 31.7 Å². The van der Waals surface area contributed by atoms with E-state index in [1.807, 2.05) is 0 Å². The number of carbonyl (C=O) groups excluding carboxylic acids is 6. The average molecular weight is 653 g/mol. The van der Waals surface area contributed by atoms with Crippen LogP contribution in [0.4, 0.5) is 0 Å². The zero-order chi connectivity index (χ0) is 33.9. The minimum Gasteiger partial charge on any atom is -0.463 e.